The SMILES string of the molecule is CC(=N)c1cccnc1NCc1ccccc1F. The summed E-state index contributed by atoms with van der Waals surface area (Å²) in [5.74, 6) is 0.363. The maximum atomic E-state index is 13.4. The molecule has 0 atom stereocenters. The van der Waals surface area contributed by atoms with Gasteiger partial charge in [-0.1, -0.05) is 18.2 Å². The van der Waals surface area contributed by atoms with Gasteiger partial charge < -0.3 is 10.7 Å². The lowest BCUT2D eigenvalue weighted by atomic mass is 10.1. The molecule has 0 fully saturated rings. The standard InChI is InChI=1S/C14H14FN3/c1-10(16)12-6-4-8-17-14(12)18-9-11-5-2-3-7-13(11)15/h2-8,16H,9H2,1H3,(H,17,18). The molecule has 0 bridgehead atoms. The first kappa shape index (κ1) is 12.2. The molecule has 0 aliphatic rings. The Kier molecular flexibility index (Phi) is 3.67. The quantitative estimate of drug-likeness (QED) is 0.810. The minimum Gasteiger partial charge on any atom is -0.365 e. The van der Waals surface area contributed by atoms with Crippen LogP contribution in [0.15, 0.2) is 42.6 Å². The summed E-state index contributed by atoms with van der Waals surface area (Å²) in [6, 6.07) is 10.2. The van der Waals surface area contributed by atoms with E-state index in [9.17, 15) is 4.39 Å². The zero-order chi connectivity index (χ0) is 13.0. The Hall–Kier alpha value is -2.23. The molecule has 0 unspecified atom stereocenters. The smallest absolute Gasteiger partial charge is 0.135 e. The fourth-order valence-electron chi connectivity index (χ4n) is 1.67. The van der Waals surface area contributed by atoms with E-state index >= 15 is 0 Å². The van der Waals surface area contributed by atoms with Crippen LogP contribution in [-0.4, -0.2) is 10.7 Å². The fourth-order valence-corrected chi connectivity index (χ4v) is 1.67. The van der Waals surface area contributed by atoms with Crippen molar-refractivity contribution >= 4 is 11.5 Å². The van der Waals surface area contributed by atoms with Crippen LogP contribution in [-0.2, 0) is 6.54 Å². The molecule has 18 heavy (non-hydrogen) atoms. The zero-order valence-electron chi connectivity index (χ0n) is 10.1. The van der Waals surface area contributed by atoms with E-state index in [4.69, 9.17) is 5.41 Å². The van der Waals surface area contributed by atoms with Gasteiger partial charge in [0.2, 0.25) is 0 Å². The molecule has 1 aromatic carbocycles. The third-order valence-corrected chi connectivity index (χ3v) is 2.62. The van der Waals surface area contributed by atoms with Crippen molar-refractivity contribution in [1.82, 2.24) is 4.98 Å². The summed E-state index contributed by atoms with van der Waals surface area (Å²) in [6.07, 6.45) is 1.65. The van der Waals surface area contributed by atoms with Crippen molar-refractivity contribution in [2.75, 3.05) is 5.32 Å². The Balaban J connectivity index is 2.16. The summed E-state index contributed by atoms with van der Waals surface area (Å²) in [6.45, 7) is 2.05. The number of pyridine rings is 1. The number of aromatic nitrogens is 1. The van der Waals surface area contributed by atoms with Crippen LogP contribution < -0.4 is 5.32 Å². The van der Waals surface area contributed by atoms with Crippen LogP contribution in [0.3, 0.4) is 0 Å². The molecule has 0 amide bonds. The van der Waals surface area contributed by atoms with Gasteiger partial charge in [0.25, 0.3) is 0 Å². The molecule has 92 valence electrons. The van der Waals surface area contributed by atoms with E-state index in [2.05, 4.69) is 10.3 Å². The predicted octanol–water partition coefficient (Wildman–Crippen LogP) is 3.22. The number of nitrogens with zero attached hydrogens (tertiary/aromatic N) is 1. The largest absolute Gasteiger partial charge is 0.365 e. The van der Waals surface area contributed by atoms with Gasteiger partial charge in [-0.15, -0.1) is 0 Å². The van der Waals surface area contributed by atoms with Gasteiger partial charge in [-0.2, -0.15) is 0 Å². The van der Waals surface area contributed by atoms with E-state index in [1.165, 1.54) is 6.07 Å². The molecule has 4 heteroatoms. The Morgan fingerprint density at radius 2 is 2.06 bits per heavy atom. The van der Waals surface area contributed by atoms with Crippen molar-refractivity contribution in [2.45, 2.75) is 13.5 Å². The van der Waals surface area contributed by atoms with Crippen molar-refractivity contribution in [3.63, 3.8) is 0 Å². The molecule has 1 heterocycles. The van der Waals surface area contributed by atoms with Gasteiger partial charge >= 0.3 is 0 Å². The number of rotatable bonds is 4. The first-order valence-corrected chi connectivity index (χ1v) is 5.66. The first-order valence-electron chi connectivity index (χ1n) is 5.66. The molecule has 2 aromatic rings. The maximum Gasteiger partial charge on any atom is 0.135 e. The van der Waals surface area contributed by atoms with E-state index in [-0.39, 0.29) is 5.82 Å². The van der Waals surface area contributed by atoms with E-state index < -0.39 is 0 Å². The maximum absolute atomic E-state index is 13.4. The van der Waals surface area contributed by atoms with Gasteiger partial charge in [-0.3, -0.25) is 0 Å². The van der Waals surface area contributed by atoms with Crippen molar-refractivity contribution < 1.29 is 4.39 Å². The predicted molar refractivity (Wildman–Crippen MR) is 70.5 cm³/mol. The lowest BCUT2D eigenvalue weighted by Crippen LogP contribution is -2.07. The molecule has 1 aromatic heterocycles. The average molecular weight is 243 g/mol. The summed E-state index contributed by atoms with van der Waals surface area (Å²) in [5.41, 5.74) is 1.74. The van der Waals surface area contributed by atoms with Crippen LogP contribution in [0.1, 0.15) is 18.1 Å². The minimum absolute atomic E-state index is 0.242. The second kappa shape index (κ2) is 5.40. The molecule has 0 radical (unpaired) electrons. The zero-order valence-corrected chi connectivity index (χ0v) is 10.1. The van der Waals surface area contributed by atoms with Crippen molar-refractivity contribution in [2.24, 2.45) is 0 Å². The van der Waals surface area contributed by atoms with E-state index in [0.29, 0.717) is 23.6 Å². The van der Waals surface area contributed by atoms with Crippen molar-refractivity contribution in [1.29, 1.82) is 5.41 Å². The first-order chi connectivity index (χ1) is 8.68. The van der Waals surface area contributed by atoms with Gasteiger partial charge in [0.15, 0.2) is 0 Å². The summed E-state index contributed by atoms with van der Waals surface area (Å²) < 4.78 is 13.4. The lowest BCUT2D eigenvalue weighted by Gasteiger charge is -2.10. The molecule has 0 aliphatic heterocycles. The van der Waals surface area contributed by atoms with E-state index in [0.717, 1.165) is 5.56 Å². The topological polar surface area (TPSA) is 48.8 Å². The normalized spacial score (nSPS) is 10.1. The summed E-state index contributed by atoms with van der Waals surface area (Å²) in [5, 5.41) is 10.7. The lowest BCUT2D eigenvalue weighted by molar-refractivity contribution is 0.613. The molecule has 0 saturated heterocycles. The van der Waals surface area contributed by atoms with Crippen LogP contribution in [0.2, 0.25) is 0 Å². The highest BCUT2D eigenvalue weighted by Gasteiger charge is 2.06. The highest BCUT2D eigenvalue weighted by molar-refractivity contribution is 6.00. The molecule has 0 aliphatic carbocycles. The molecule has 2 rings (SSSR count). The number of benzene rings is 1. The van der Waals surface area contributed by atoms with E-state index in [1.54, 1.807) is 37.4 Å². The van der Waals surface area contributed by atoms with Gasteiger partial charge in [0, 0.05) is 29.6 Å². The third kappa shape index (κ3) is 2.71. The Labute approximate surface area is 105 Å². The van der Waals surface area contributed by atoms with Crippen LogP contribution in [0.4, 0.5) is 10.2 Å². The number of anilines is 1. The van der Waals surface area contributed by atoms with Gasteiger partial charge in [0.1, 0.15) is 11.6 Å². The van der Waals surface area contributed by atoms with Crippen molar-refractivity contribution in [3.8, 4) is 0 Å². The highest BCUT2D eigenvalue weighted by atomic mass is 19.1. The second-order valence-electron chi connectivity index (χ2n) is 3.97. The fraction of sp³-hybridized carbons (Fsp3) is 0.143. The van der Waals surface area contributed by atoms with E-state index in [1.807, 2.05) is 6.07 Å². The molecular formula is C14H14FN3. The van der Waals surface area contributed by atoms with Crippen LogP contribution in [0.25, 0.3) is 0 Å². The van der Waals surface area contributed by atoms with Crippen LogP contribution in [0.5, 0.6) is 0 Å². The van der Waals surface area contributed by atoms with Gasteiger partial charge in [-0.05, 0) is 25.1 Å². The molecule has 3 nitrogen and oxygen atoms in total. The molecule has 0 spiro atoms. The Morgan fingerprint density at radius 3 is 2.78 bits per heavy atom. The minimum atomic E-state index is -0.242. The summed E-state index contributed by atoms with van der Waals surface area (Å²) >= 11 is 0. The molecule has 2 N–H and O–H groups in total. The molecular weight excluding hydrogens is 229 g/mol. The summed E-state index contributed by atoms with van der Waals surface area (Å²) in [7, 11) is 0. The second-order valence-corrected chi connectivity index (χ2v) is 3.97. The molecule has 0 saturated carbocycles. The Bertz CT molecular complexity index is 566. The monoisotopic (exact) mass is 243 g/mol. The average Bonchev–Trinajstić information content (AvgIpc) is 2.38. The van der Waals surface area contributed by atoms with Gasteiger partial charge in [0.05, 0.1) is 0 Å². The van der Waals surface area contributed by atoms with Gasteiger partial charge in [-0.25, -0.2) is 9.37 Å². The highest BCUT2D eigenvalue weighted by Crippen LogP contribution is 2.14. The number of halogens is 1. The third-order valence-electron chi connectivity index (χ3n) is 2.62. The number of hydrogen-bond acceptors (Lipinski definition) is 3. The Morgan fingerprint density at radius 1 is 1.28 bits per heavy atom. The van der Waals surface area contributed by atoms with Crippen LogP contribution >= 0.6 is 0 Å². The summed E-state index contributed by atoms with van der Waals surface area (Å²) in [4.78, 5) is 4.17. The number of nitrogens with one attached hydrogen (secondary N) is 2. The van der Waals surface area contributed by atoms with Crippen LogP contribution in [0, 0.1) is 11.2 Å². The number of hydrogen-bond donors (Lipinski definition) is 2. The van der Waals surface area contributed by atoms with Crippen molar-refractivity contribution in [3.05, 3.63) is 59.5 Å².